The van der Waals surface area contributed by atoms with E-state index in [0.717, 1.165) is 0 Å². The molecule has 24 heavy (non-hydrogen) atoms. The number of benzene rings is 2. The molecule has 1 unspecified atom stereocenters. The molecule has 2 aromatic carbocycles. The number of carbonyl (C=O) groups excluding carboxylic acids is 1. The van der Waals surface area contributed by atoms with E-state index >= 15 is 0 Å². The zero-order chi connectivity index (χ0) is 17.7. The fourth-order valence-corrected chi connectivity index (χ4v) is 2.55. The average molecular weight is 365 g/mol. The third-order valence-electron chi connectivity index (χ3n) is 2.58. The number of para-hydroxylation sites is 1. The van der Waals surface area contributed by atoms with Crippen LogP contribution in [0.4, 0.5) is 22.0 Å². The summed E-state index contributed by atoms with van der Waals surface area (Å²) >= 11 is 0. The molecule has 0 aromatic heterocycles. The molecule has 0 radical (unpaired) electrons. The molecule has 0 bridgehead atoms. The van der Waals surface area contributed by atoms with Crippen molar-refractivity contribution >= 4 is 14.8 Å². The largest absolute Gasteiger partial charge is 0.427 e. The Balaban J connectivity index is 2.31. The van der Waals surface area contributed by atoms with Crippen molar-refractivity contribution in [2.24, 2.45) is 0 Å². The smallest absolute Gasteiger partial charge is 0.382 e. The minimum atomic E-state index is -2.40. The highest BCUT2D eigenvalue weighted by Gasteiger charge is 2.30. The first kappa shape index (κ1) is 18.1. The molecule has 0 saturated heterocycles. The Morgan fingerprint density at radius 2 is 1.42 bits per heavy atom. The minimum absolute atomic E-state index is 0.200. The first-order valence-corrected chi connectivity index (χ1v) is 7.53. The van der Waals surface area contributed by atoms with Crippen LogP contribution in [-0.4, -0.2) is 12.8 Å². The van der Waals surface area contributed by atoms with Gasteiger partial charge in [0, 0.05) is 0 Å². The number of aldehydes is 1. The quantitative estimate of drug-likeness (QED) is 0.266. The van der Waals surface area contributed by atoms with Crippen LogP contribution in [0.2, 0.25) is 0 Å². The molecule has 0 saturated carbocycles. The number of nitrogens with one attached hydrogen (secondary N) is 1. The van der Waals surface area contributed by atoms with Crippen molar-refractivity contribution in [3.8, 4) is 11.5 Å². The Morgan fingerprint density at radius 3 is 1.96 bits per heavy atom. The van der Waals surface area contributed by atoms with Gasteiger partial charge >= 0.3 is 8.53 Å². The highest BCUT2D eigenvalue weighted by atomic mass is 31.2. The molecule has 0 aliphatic heterocycles. The Labute approximate surface area is 134 Å². The van der Waals surface area contributed by atoms with Crippen molar-refractivity contribution in [3.05, 3.63) is 59.4 Å². The minimum Gasteiger partial charge on any atom is -0.427 e. The summed E-state index contributed by atoms with van der Waals surface area (Å²) in [6.45, 7) is -0.325. The summed E-state index contributed by atoms with van der Waals surface area (Å²) in [4.78, 5) is 10.4. The third-order valence-corrected chi connectivity index (χ3v) is 3.74. The van der Waals surface area contributed by atoms with Crippen LogP contribution in [0.1, 0.15) is 0 Å². The zero-order valence-electron chi connectivity index (χ0n) is 11.7. The van der Waals surface area contributed by atoms with Crippen LogP contribution >= 0.6 is 8.53 Å². The van der Waals surface area contributed by atoms with Gasteiger partial charge in [0.25, 0.3) is 0 Å². The molecule has 1 N–H and O–H groups in total. The van der Waals surface area contributed by atoms with Gasteiger partial charge in [-0.2, -0.15) is 8.78 Å². The molecule has 0 amide bonds. The molecule has 0 fully saturated rings. The second-order valence-corrected chi connectivity index (χ2v) is 5.38. The Kier molecular flexibility index (Phi) is 6.05. The first-order chi connectivity index (χ1) is 11.5. The van der Waals surface area contributed by atoms with E-state index in [2.05, 4.69) is 5.09 Å². The topological polar surface area (TPSA) is 47.6 Å². The normalized spacial score (nSPS) is 11.9. The van der Waals surface area contributed by atoms with Crippen LogP contribution < -0.4 is 14.1 Å². The lowest BCUT2D eigenvalue weighted by molar-refractivity contribution is -0.106. The van der Waals surface area contributed by atoms with Gasteiger partial charge in [-0.15, -0.1) is 0 Å². The number of hydrogen-bond donors (Lipinski definition) is 1. The number of hydrogen-bond acceptors (Lipinski definition) is 4. The Hall–Kier alpha value is -2.25. The highest BCUT2D eigenvalue weighted by Crippen LogP contribution is 2.40. The van der Waals surface area contributed by atoms with E-state index in [9.17, 15) is 26.7 Å². The van der Waals surface area contributed by atoms with Gasteiger partial charge in [0.2, 0.25) is 34.8 Å². The van der Waals surface area contributed by atoms with Crippen LogP contribution in [0.3, 0.4) is 0 Å². The predicted octanol–water partition coefficient (Wildman–Crippen LogP) is 3.86. The van der Waals surface area contributed by atoms with Gasteiger partial charge in [-0.25, -0.2) is 18.3 Å². The maximum atomic E-state index is 13.6. The van der Waals surface area contributed by atoms with Gasteiger partial charge in [0.1, 0.15) is 12.0 Å². The summed E-state index contributed by atoms with van der Waals surface area (Å²) in [5.74, 6) is -12.2. The predicted molar refractivity (Wildman–Crippen MR) is 74.9 cm³/mol. The number of halogens is 5. The van der Waals surface area contributed by atoms with Gasteiger partial charge in [-0.05, 0) is 12.1 Å². The molecular weight excluding hydrogens is 356 g/mol. The van der Waals surface area contributed by atoms with Crippen molar-refractivity contribution in [2.75, 3.05) is 6.54 Å². The zero-order valence-corrected chi connectivity index (χ0v) is 12.6. The molecular formula is C14H9F5NO3P. The lowest BCUT2D eigenvalue weighted by Crippen LogP contribution is -2.18. The second kappa shape index (κ2) is 8.03. The highest BCUT2D eigenvalue weighted by molar-refractivity contribution is 7.45. The van der Waals surface area contributed by atoms with Crippen molar-refractivity contribution in [2.45, 2.75) is 0 Å². The Bertz CT molecular complexity index is 703. The lowest BCUT2D eigenvalue weighted by atomic mass is 10.3. The van der Waals surface area contributed by atoms with E-state index in [1.807, 2.05) is 0 Å². The maximum Gasteiger partial charge on any atom is 0.382 e. The first-order valence-electron chi connectivity index (χ1n) is 6.35. The Morgan fingerprint density at radius 1 is 0.875 bits per heavy atom. The molecule has 2 aromatic rings. The summed E-state index contributed by atoms with van der Waals surface area (Å²) in [5, 5.41) is 2.35. The molecule has 1 atom stereocenters. The van der Waals surface area contributed by atoms with Crippen LogP contribution in [0.25, 0.3) is 0 Å². The van der Waals surface area contributed by atoms with Crippen LogP contribution in [0.5, 0.6) is 11.5 Å². The lowest BCUT2D eigenvalue weighted by Gasteiger charge is -2.19. The number of rotatable bonds is 7. The van der Waals surface area contributed by atoms with E-state index in [4.69, 9.17) is 9.05 Å². The van der Waals surface area contributed by atoms with E-state index < -0.39 is 43.4 Å². The molecule has 10 heteroatoms. The van der Waals surface area contributed by atoms with Crippen molar-refractivity contribution < 1.29 is 35.8 Å². The van der Waals surface area contributed by atoms with Crippen LogP contribution in [0, 0.1) is 29.1 Å². The monoisotopic (exact) mass is 365 g/mol. The third kappa shape index (κ3) is 3.98. The summed E-state index contributed by atoms with van der Waals surface area (Å²) in [5.41, 5.74) is 0. The summed E-state index contributed by atoms with van der Waals surface area (Å²) in [6.07, 6.45) is 0.408. The van der Waals surface area contributed by atoms with Crippen molar-refractivity contribution in [3.63, 3.8) is 0 Å². The van der Waals surface area contributed by atoms with Gasteiger partial charge in [-0.3, -0.25) is 0 Å². The van der Waals surface area contributed by atoms with Gasteiger partial charge in [-0.1, -0.05) is 18.2 Å². The molecule has 0 heterocycles. The molecule has 4 nitrogen and oxygen atoms in total. The van der Waals surface area contributed by atoms with E-state index in [0.29, 0.717) is 6.29 Å². The van der Waals surface area contributed by atoms with Crippen LogP contribution in [0.15, 0.2) is 30.3 Å². The molecule has 128 valence electrons. The van der Waals surface area contributed by atoms with E-state index in [-0.39, 0.29) is 12.3 Å². The second-order valence-electron chi connectivity index (χ2n) is 4.18. The molecule has 0 spiro atoms. The number of carbonyl (C=O) groups is 1. The summed E-state index contributed by atoms with van der Waals surface area (Å²) in [6, 6.07) is 7.78. The standard InChI is InChI=1S/C14H9F5NO3P/c15-9-10(16)12(18)14(13(19)11(9)17)23-24(20-6-7-21)22-8-4-2-1-3-5-8/h1-5,7,20H,6H2. The molecule has 2 rings (SSSR count). The molecule has 0 aliphatic rings. The summed E-state index contributed by atoms with van der Waals surface area (Å²) < 4.78 is 76.7. The summed E-state index contributed by atoms with van der Waals surface area (Å²) in [7, 11) is -2.40. The van der Waals surface area contributed by atoms with Gasteiger partial charge < -0.3 is 13.8 Å². The maximum absolute atomic E-state index is 13.6. The van der Waals surface area contributed by atoms with Crippen molar-refractivity contribution in [1.82, 2.24) is 5.09 Å². The van der Waals surface area contributed by atoms with Gasteiger partial charge in [0.15, 0.2) is 0 Å². The van der Waals surface area contributed by atoms with Crippen molar-refractivity contribution in [1.29, 1.82) is 0 Å². The fourth-order valence-electron chi connectivity index (χ4n) is 1.52. The fraction of sp³-hybridized carbons (Fsp3) is 0.0714. The van der Waals surface area contributed by atoms with E-state index in [1.54, 1.807) is 18.2 Å². The van der Waals surface area contributed by atoms with Crippen LogP contribution in [-0.2, 0) is 4.79 Å². The molecule has 0 aliphatic carbocycles. The average Bonchev–Trinajstić information content (AvgIpc) is 2.60. The SMILES string of the molecule is O=CCNP(Oc1ccccc1)Oc1c(F)c(F)c(F)c(F)c1F. The van der Waals surface area contributed by atoms with E-state index in [1.165, 1.54) is 12.1 Å². The van der Waals surface area contributed by atoms with Gasteiger partial charge in [0.05, 0.1) is 6.54 Å².